The molecule has 198 valence electrons. The minimum absolute atomic E-state index is 0.152. The first-order valence-corrected chi connectivity index (χ1v) is 14.7. The molecule has 0 atom stereocenters. The van der Waals surface area contributed by atoms with E-state index in [0.717, 1.165) is 42.2 Å². The molecule has 4 aliphatic carbocycles. The van der Waals surface area contributed by atoms with E-state index in [0.29, 0.717) is 44.2 Å². The number of ether oxygens (including phenoxy) is 2. The van der Waals surface area contributed by atoms with Crippen LogP contribution in [0.1, 0.15) is 55.2 Å². The molecule has 8 heteroatoms. The molecule has 2 amide bonds. The predicted octanol–water partition coefficient (Wildman–Crippen LogP) is 7.12. The minimum atomic E-state index is -0.381. The maximum absolute atomic E-state index is 13.5. The van der Waals surface area contributed by atoms with E-state index in [1.54, 1.807) is 18.2 Å². The monoisotopic (exact) mass is 595 g/mol. The average molecular weight is 597 g/mol. The SMILES string of the molecule is COc1cc(/C=C2\SC(=O)N(Cc3ccc(C)cc3)C2=O)cc(Br)c1OC(=O)C12CC3CC(CC(C3)C1)C2. The summed E-state index contributed by atoms with van der Waals surface area (Å²) in [5.74, 6) is 2.21. The molecule has 0 N–H and O–H groups in total. The molecule has 0 spiro atoms. The Morgan fingerprint density at radius 3 is 2.32 bits per heavy atom. The summed E-state index contributed by atoms with van der Waals surface area (Å²) in [6, 6.07) is 11.3. The van der Waals surface area contributed by atoms with Gasteiger partial charge in [0.25, 0.3) is 11.1 Å². The van der Waals surface area contributed by atoms with E-state index < -0.39 is 0 Å². The molecule has 4 saturated carbocycles. The molecule has 4 bridgehead atoms. The summed E-state index contributed by atoms with van der Waals surface area (Å²) >= 11 is 4.48. The fraction of sp³-hybridized carbons (Fsp3) is 0.433. The lowest BCUT2D eigenvalue weighted by Crippen LogP contribution is -2.51. The average Bonchev–Trinajstić information content (AvgIpc) is 3.13. The van der Waals surface area contributed by atoms with Crippen LogP contribution in [0.4, 0.5) is 4.79 Å². The highest BCUT2D eigenvalue weighted by molar-refractivity contribution is 9.10. The molecule has 1 saturated heterocycles. The quantitative estimate of drug-likeness (QED) is 0.201. The number of imide groups is 1. The van der Waals surface area contributed by atoms with Crippen molar-refractivity contribution in [2.24, 2.45) is 23.2 Å². The molecule has 5 fully saturated rings. The topological polar surface area (TPSA) is 72.9 Å². The van der Waals surface area contributed by atoms with Gasteiger partial charge < -0.3 is 9.47 Å². The number of rotatable bonds is 6. The van der Waals surface area contributed by atoms with Gasteiger partial charge in [-0.1, -0.05) is 29.8 Å². The number of carbonyl (C=O) groups is 3. The number of thioether (sulfide) groups is 1. The first kappa shape index (κ1) is 25.7. The molecule has 38 heavy (non-hydrogen) atoms. The number of esters is 1. The van der Waals surface area contributed by atoms with Crippen molar-refractivity contribution in [3.8, 4) is 11.5 Å². The van der Waals surface area contributed by atoms with E-state index in [4.69, 9.17) is 9.47 Å². The molecule has 0 radical (unpaired) electrons. The molecule has 0 aromatic heterocycles. The van der Waals surface area contributed by atoms with Gasteiger partial charge in [0.2, 0.25) is 0 Å². The molecule has 2 aromatic rings. The van der Waals surface area contributed by atoms with Crippen LogP contribution < -0.4 is 9.47 Å². The maximum atomic E-state index is 13.5. The summed E-state index contributed by atoms with van der Waals surface area (Å²) in [5, 5.41) is -0.297. The van der Waals surface area contributed by atoms with Crippen LogP contribution in [0.15, 0.2) is 45.8 Å². The number of amides is 2. The number of hydrogen-bond acceptors (Lipinski definition) is 6. The van der Waals surface area contributed by atoms with Crippen LogP contribution in [-0.4, -0.2) is 29.1 Å². The van der Waals surface area contributed by atoms with E-state index in [-0.39, 0.29) is 29.1 Å². The van der Waals surface area contributed by atoms with Crippen LogP contribution in [0.2, 0.25) is 0 Å². The van der Waals surface area contributed by atoms with Crippen molar-refractivity contribution in [1.82, 2.24) is 4.90 Å². The summed E-state index contributed by atoms with van der Waals surface area (Å²) in [6.07, 6.45) is 8.22. The summed E-state index contributed by atoms with van der Waals surface area (Å²) in [7, 11) is 1.53. The molecule has 1 aliphatic heterocycles. The largest absolute Gasteiger partial charge is 0.493 e. The first-order chi connectivity index (χ1) is 18.2. The fourth-order valence-electron chi connectivity index (χ4n) is 7.15. The Morgan fingerprint density at radius 1 is 1.08 bits per heavy atom. The Balaban J connectivity index is 1.21. The van der Waals surface area contributed by atoms with Gasteiger partial charge >= 0.3 is 5.97 Å². The number of halogens is 1. The van der Waals surface area contributed by atoms with E-state index in [9.17, 15) is 14.4 Å². The Bertz CT molecular complexity index is 1320. The van der Waals surface area contributed by atoms with Crippen LogP contribution in [-0.2, 0) is 16.1 Å². The van der Waals surface area contributed by atoms with Gasteiger partial charge in [-0.05, 0) is 120 Å². The van der Waals surface area contributed by atoms with Gasteiger partial charge in [0, 0.05) is 0 Å². The molecule has 6 nitrogen and oxygen atoms in total. The molecule has 5 aliphatic rings. The highest BCUT2D eigenvalue weighted by Crippen LogP contribution is 2.60. The van der Waals surface area contributed by atoms with Crippen molar-refractivity contribution in [3.63, 3.8) is 0 Å². The van der Waals surface area contributed by atoms with Gasteiger partial charge in [-0.25, -0.2) is 0 Å². The Kier molecular flexibility index (Phi) is 6.67. The van der Waals surface area contributed by atoms with E-state index in [1.165, 1.54) is 31.3 Å². The number of benzene rings is 2. The maximum Gasteiger partial charge on any atom is 0.317 e. The summed E-state index contributed by atoms with van der Waals surface area (Å²) < 4.78 is 12.2. The van der Waals surface area contributed by atoms with Crippen LogP contribution in [0.5, 0.6) is 11.5 Å². The first-order valence-electron chi connectivity index (χ1n) is 13.1. The van der Waals surface area contributed by atoms with Crippen molar-refractivity contribution in [2.75, 3.05) is 7.11 Å². The highest BCUT2D eigenvalue weighted by atomic mass is 79.9. The number of carbonyl (C=O) groups excluding carboxylic acids is 3. The predicted molar refractivity (Wildman–Crippen MR) is 150 cm³/mol. The molecule has 7 rings (SSSR count). The fourth-order valence-corrected chi connectivity index (χ4v) is 8.53. The molecule has 2 aromatic carbocycles. The zero-order valence-corrected chi connectivity index (χ0v) is 23.9. The zero-order valence-electron chi connectivity index (χ0n) is 21.5. The van der Waals surface area contributed by atoms with Crippen molar-refractivity contribution in [2.45, 2.75) is 52.0 Å². The van der Waals surface area contributed by atoms with Crippen LogP contribution in [0.3, 0.4) is 0 Å². The number of hydrogen-bond donors (Lipinski definition) is 0. The lowest BCUT2D eigenvalue weighted by molar-refractivity contribution is -0.161. The standard InChI is InChI=1S/C30H30BrNO5S/c1-17-3-5-18(6-4-17)16-32-27(33)25(38-29(32)35)12-19-10-23(31)26(24(11-19)36-2)37-28(34)30-13-20-7-21(14-30)9-22(8-20)15-30/h3-6,10-12,20-22H,7-9,13-16H2,1-2H3/b25-12-. The van der Waals surface area contributed by atoms with Crippen molar-refractivity contribution in [1.29, 1.82) is 0 Å². The Morgan fingerprint density at radius 2 is 1.71 bits per heavy atom. The van der Waals surface area contributed by atoms with Crippen LogP contribution >= 0.6 is 27.7 Å². The number of nitrogens with zero attached hydrogens (tertiary/aromatic N) is 1. The van der Waals surface area contributed by atoms with Crippen molar-refractivity contribution < 1.29 is 23.9 Å². The van der Waals surface area contributed by atoms with Gasteiger partial charge in [-0.15, -0.1) is 0 Å². The third-order valence-electron chi connectivity index (χ3n) is 8.55. The van der Waals surface area contributed by atoms with Gasteiger partial charge in [0.05, 0.1) is 28.4 Å². The second-order valence-corrected chi connectivity index (χ2v) is 13.2. The van der Waals surface area contributed by atoms with E-state index >= 15 is 0 Å². The third-order valence-corrected chi connectivity index (χ3v) is 10.0. The second-order valence-electron chi connectivity index (χ2n) is 11.4. The van der Waals surface area contributed by atoms with Crippen molar-refractivity contribution >= 4 is 50.9 Å². The number of methoxy groups -OCH3 is 1. The van der Waals surface area contributed by atoms with Crippen molar-refractivity contribution in [3.05, 3.63) is 62.5 Å². The van der Waals surface area contributed by atoms with E-state index in [1.807, 2.05) is 31.2 Å². The highest BCUT2D eigenvalue weighted by Gasteiger charge is 2.55. The normalized spacial score (nSPS) is 28.9. The second kappa shape index (κ2) is 9.87. The molecular weight excluding hydrogens is 566 g/mol. The Labute approximate surface area is 235 Å². The van der Waals surface area contributed by atoms with Crippen LogP contribution in [0, 0.1) is 30.1 Å². The third kappa shape index (κ3) is 4.70. The molecule has 0 unspecified atom stereocenters. The minimum Gasteiger partial charge on any atom is -0.493 e. The molecular formula is C30H30BrNO5S. The van der Waals surface area contributed by atoms with Gasteiger partial charge in [-0.2, -0.15) is 0 Å². The Hall–Kier alpha value is -2.58. The summed E-state index contributed by atoms with van der Waals surface area (Å²) in [5.41, 5.74) is 2.31. The smallest absolute Gasteiger partial charge is 0.317 e. The van der Waals surface area contributed by atoms with Gasteiger partial charge in [0.15, 0.2) is 11.5 Å². The lowest BCUT2D eigenvalue weighted by atomic mass is 9.49. The van der Waals surface area contributed by atoms with Gasteiger partial charge in [0.1, 0.15) is 0 Å². The lowest BCUT2D eigenvalue weighted by Gasteiger charge is -2.55. The molecule has 1 heterocycles. The van der Waals surface area contributed by atoms with Crippen LogP contribution in [0.25, 0.3) is 6.08 Å². The summed E-state index contributed by atoms with van der Waals surface area (Å²) in [4.78, 5) is 40.8. The van der Waals surface area contributed by atoms with Gasteiger partial charge in [-0.3, -0.25) is 19.3 Å². The van der Waals surface area contributed by atoms with E-state index in [2.05, 4.69) is 15.9 Å². The summed E-state index contributed by atoms with van der Waals surface area (Å²) in [6.45, 7) is 2.23. The zero-order chi connectivity index (χ0) is 26.6. The number of aryl methyl sites for hydroxylation is 1.